The monoisotopic (exact) mass is 236 g/mol. The maximum atomic E-state index is 5.29. The van der Waals surface area contributed by atoms with E-state index < -0.39 is 0 Å². The Morgan fingerprint density at radius 1 is 1.33 bits per heavy atom. The Kier molecular flexibility index (Phi) is 1.79. The summed E-state index contributed by atoms with van der Waals surface area (Å²) in [4.78, 5) is 11.5. The number of halogens is 1. The molecule has 1 heterocycles. The van der Waals surface area contributed by atoms with Crippen molar-refractivity contribution in [3.8, 4) is 0 Å². The fourth-order valence-corrected chi connectivity index (χ4v) is 1.07. The van der Waals surface area contributed by atoms with E-state index in [9.17, 15) is 0 Å². The van der Waals surface area contributed by atoms with Gasteiger partial charge in [-0.2, -0.15) is 9.97 Å². The summed E-state index contributed by atoms with van der Waals surface area (Å²) in [7, 11) is 0. The Balaban J connectivity index is 3.17. The maximum Gasteiger partial charge on any atom is 0.224 e. The highest BCUT2D eigenvalue weighted by molar-refractivity contribution is 14.1. The van der Waals surface area contributed by atoms with E-state index in [1.54, 1.807) is 6.92 Å². The van der Waals surface area contributed by atoms with Gasteiger partial charge in [0.1, 0.15) is 5.82 Å². The summed E-state index contributed by atoms with van der Waals surface area (Å²) in [5, 5.41) is 0. The molecule has 4 nitrogen and oxygen atoms in total. The Morgan fingerprint density at radius 3 is 2.44 bits per heavy atom. The van der Waals surface area contributed by atoms with Gasteiger partial charge < -0.3 is 5.73 Å². The quantitative estimate of drug-likeness (QED) is 0.661. The van der Waals surface area contributed by atoms with Crippen molar-refractivity contribution in [2.75, 3.05) is 5.73 Å². The van der Waals surface area contributed by atoms with Gasteiger partial charge in [0.05, 0.1) is 0 Å². The smallest absolute Gasteiger partial charge is 0.224 e. The summed E-state index contributed by atoms with van der Waals surface area (Å²) >= 11 is 1.99. The summed E-state index contributed by atoms with van der Waals surface area (Å²) in [5.74, 6) is 0.943. The summed E-state index contributed by atoms with van der Waals surface area (Å²) in [6, 6.07) is 0. The van der Waals surface area contributed by atoms with E-state index in [4.69, 9.17) is 5.73 Å². The number of nitrogens with two attached hydrogens (primary N) is 1. The molecule has 0 atom stereocenters. The molecule has 5 heteroatoms. The van der Waals surface area contributed by atoms with Crippen LogP contribution in [0.1, 0.15) is 5.82 Å². The zero-order chi connectivity index (χ0) is 6.85. The molecule has 0 saturated heterocycles. The zero-order valence-corrected chi connectivity index (χ0v) is 6.95. The van der Waals surface area contributed by atoms with E-state index in [1.807, 2.05) is 22.6 Å². The van der Waals surface area contributed by atoms with E-state index >= 15 is 0 Å². The van der Waals surface area contributed by atoms with Gasteiger partial charge in [-0.15, -0.1) is 0 Å². The molecule has 0 aliphatic heterocycles. The molecule has 0 bridgehead atoms. The zero-order valence-electron chi connectivity index (χ0n) is 4.80. The maximum absolute atomic E-state index is 5.29. The molecule has 0 spiro atoms. The Labute approximate surface area is 66.1 Å². The van der Waals surface area contributed by atoms with Gasteiger partial charge in [-0.1, -0.05) is 0 Å². The first-order chi connectivity index (χ1) is 4.18. The highest BCUT2D eigenvalue weighted by Gasteiger charge is 1.93. The first kappa shape index (κ1) is 6.66. The van der Waals surface area contributed by atoms with Crippen molar-refractivity contribution in [2.24, 2.45) is 0 Å². The van der Waals surface area contributed by atoms with Crippen molar-refractivity contribution < 1.29 is 0 Å². The lowest BCUT2D eigenvalue weighted by Crippen LogP contribution is -2.01. The fraction of sp³-hybridized carbons (Fsp3) is 0.250. The van der Waals surface area contributed by atoms with Crippen molar-refractivity contribution in [3.63, 3.8) is 0 Å². The second-order valence-electron chi connectivity index (χ2n) is 1.51. The van der Waals surface area contributed by atoms with E-state index in [1.165, 1.54) is 0 Å². The van der Waals surface area contributed by atoms with Crippen LogP contribution in [0.4, 0.5) is 5.95 Å². The molecule has 1 aromatic rings. The summed E-state index contributed by atoms with van der Waals surface area (Å²) < 4.78 is 0.637. The number of nitrogens with zero attached hydrogens (tertiary/aromatic N) is 3. The lowest BCUT2D eigenvalue weighted by atomic mass is 10.7. The van der Waals surface area contributed by atoms with Crippen molar-refractivity contribution in [2.45, 2.75) is 6.92 Å². The van der Waals surface area contributed by atoms with Gasteiger partial charge in [0.2, 0.25) is 5.95 Å². The van der Waals surface area contributed by atoms with Crippen LogP contribution in [-0.2, 0) is 0 Å². The molecule has 0 aliphatic carbocycles. The van der Waals surface area contributed by atoms with E-state index in [2.05, 4.69) is 15.0 Å². The number of aryl methyl sites for hydroxylation is 1. The molecular weight excluding hydrogens is 231 g/mol. The van der Waals surface area contributed by atoms with Crippen LogP contribution >= 0.6 is 22.6 Å². The molecular formula is C4H5IN4. The van der Waals surface area contributed by atoms with E-state index in [0.717, 1.165) is 0 Å². The topological polar surface area (TPSA) is 64.7 Å². The average Bonchev–Trinajstić information content (AvgIpc) is 1.59. The molecule has 1 rings (SSSR count). The van der Waals surface area contributed by atoms with Crippen LogP contribution in [0.5, 0.6) is 0 Å². The number of hydrogen-bond acceptors (Lipinski definition) is 4. The molecule has 48 valence electrons. The van der Waals surface area contributed by atoms with Crippen LogP contribution in [0.2, 0.25) is 0 Å². The number of nitrogen functional groups attached to an aromatic ring is 1. The number of anilines is 1. The standard InChI is InChI=1S/C4H5IN4/c1-2-7-3(5)9-4(6)8-2/h1H3,(H2,6,7,8,9). The van der Waals surface area contributed by atoms with Gasteiger partial charge >= 0.3 is 0 Å². The van der Waals surface area contributed by atoms with Crippen LogP contribution in [-0.4, -0.2) is 15.0 Å². The molecule has 0 aromatic carbocycles. The van der Waals surface area contributed by atoms with Gasteiger partial charge in [-0.3, -0.25) is 0 Å². The largest absolute Gasteiger partial charge is 0.368 e. The molecule has 9 heavy (non-hydrogen) atoms. The van der Waals surface area contributed by atoms with Gasteiger partial charge in [-0.25, -0.2) is 4.98 Å². The van der Waals surface area contributed by atoms with E-state index in [-0.39, 0.29) is 5.95 Å². The number of aromatic nitrogens is 3. The van der Waals surface area contributed by atoms with Crippen molar-refractivity contribution in [1.29, 1.82) is 0 Å². The first-order valence-electron chi connectivity index (χ1n) is 2.32. The molecule has 1 aromatic heterocycles. The van der Waals surface area contributed by atoms with Crippen LogP contribution < -0.4 is 5.73 Å². The first-order valence-corrected chi connectivity index (χ1v) is 3.40. The molecule has 2 N–H and O–H groups in total. The minimum atomic E-state index is 0.284. The fourth-order valence-electron chi connectivity index (χ4n) is 0.469. The second kappa shape index (κ2) is 2.42. The molecule has 0 fully saturated rings. The Morgan fingerprint density at radius 2 is 2.00 bits per heavy atom. The molecule has 0 radical (unpaired) electrons. The van der Waals surface area contributed by atoms with Crippen molar-refractivity contribution in [1.82, 2.24) is 15.0 Å². The van der Waals surface area contributed by atoms with Gasteiger partial charge in [0.15, 0.2) is 3.83 Å². The molecule has 0 saturated carbocycles. The normalized spacial score (nSPS) is 9.56. The Bertz CT molecular complexity index is 173. The highest BCUT2D eigenvalue weighted by Crippen LogP contribution is 1.97. The lowest BCUT2D eigenvalue weighted by molar-refractivity contribution is 0.955. The summed E-state index contributed by atoms with van der Waals surface area (Å²) in [6.07, 6.45) is 0. The molecule has 0 unspecified atom stereocenters. The van der Waals surface area contributed by atoms with Crippen LogP contribution in [0.3, 0.4) is 0 Å². The number of rotatable bonds is 0. The average molecular weight is 236 g/mol. The van der Waals surface area contributed by atoms with Gasteiger partial charge in [-0.05, 0) is 6.92 Å². The predicted octanol–water partition coefficient (Wildman–Crippen LogP) is 0.367. The van der Waals surface area contributed by atoms with Crippen LogP contribution in [0.15, 0.2) is 0 Å². The predicted molar refractivity (Wildman–Crippen MR) is 41.7 cm³/mol. The SMILES string of the molecule is Cc1nc(N)nc(I)n1. The van der Waals surface area contributed by atoms with Crippen LogP contribution in [0.25, 0.3) is 0 Å². The van der Waals surface area contributed by atoms with Crippen LogP contribution in [0, 0.1) is 10.8 Å². The van der Waals surface area contributed by atoms with Gasteiger partial charge in [0, 0.05) is 22.6 Å². The van der Waals surface area contributed by atoms with Crippen molar-refractivity contribution in [3.05, 3.63) is 9.66 Å². The third kappa shape index (κ3) is 1.74. The molecule has 0 amide bonds. The third-order valence-electron chi connectivity index (χ3n) is 0.737. The van der Waals surface area contributed by atoms with Gasteiger partial charge in [0.25, 0.3) is 0 Å². The minimum absolute atomic E-state index is 0.284. The van der Waals surface area contributed by atoms with E-state index in [0.29, 0.717) is 9.66 Å². The lowest BCUT2D eigenvalue weighted by Gasteiger charge is -1.92. The Hall–Kier alpha value is -0.460. The summed E-state index contributed by atoms with van der Waals surface area (Å²) in [5.41, 5.74) is 5.29. The molecule has 0 aliphatic rings. The highest BCUT2D eigenvalue weighted by atomic mass is 127. The second-order valence-corrected chi connectivity index (χ2v) is 2.47. The van der Waals surface area contributed by atoms with Crippen molar-refractivity contribution >= 4 is 28.5 Å². The minimum Gasteiger partial charge on any atom is -0.368 e. The summed E-state index contributed by atoms with van der Waals surface area (Å²) in [6.45, 7) is 1.78. The number of hydrogen-bond donors (Lipinski definition) is 1. The third-order valence-corrected chi connectivity index (χ3v) is 1.22.